The van der Waals surface area contributed by atoms with Gasteiger partial charge in [0.05, 0.1) is 3.79 Å². The lowest BCUT2D eigenvalue weighted by Crippen LogP contribution is -2.33. The minimum Gasteiger partial charge on any atom is -0.312 e. The van der Waals surface area contributed by atoms with Crippen LogP contribution in [0.3, 0.4) is 0 Å². The van der Waals surface area contributed by atoms with Crippen LogP contribution in [0.25, 0.3) is 0 Å². The van der Waals surface area contributed by atoms with E-state index in [1.54, 1.807) is 6.07 Å². The molecule has 2 N–H and O–H groups in total. The Balaban J connectivity index is 2.84. The van der Waals surface area contributed by atoms with Gasteiger partial charge in [0.25, 0.3) is 0 Å². The zero-order valence-corrected chi connectivity index (χ0v) is 15.6. The minimum absolute atomic E-state index is 0.0657. The predicted molar refractivity (Wildman–Crippen MR) is 88.6 cm³/mol. The Labute approximate surface area is 134 Å². The Morgan fingerprint density at radius 2 is 2.00 bits per heavy atom. The highest BCUT2D eigenvalue weighted by atomic mass is 79.9. The molecule has 0 amide bonds. The van der Waals surface area contributed by atoms with Crippen molar-refractivity contribution in [3.05, 3.63) is 14.7 Å². The number of thiophene rings is 1. The van der Waals surface area contributed by atoms with Crippen molar-refractivity contribution in [1.29, 1.82) is 0 Å². The number of rotatable bonds is 8. The molecule has 1 aromatic rings. The van der Waals surface area contributed by atoms with Gasteiger partial charge >= 0.3 is 0 Å². The van der Waals surface area contributed by atoms with Gasteiger partial charge in [0.1, 0.15) is 4.90 Å². The molecule has 7 heteroatoms. The predicted octanol–water partition coefficient (Wildman–Crippen LogP) is 3.33. The second-order valence-corrected chi connectivity index (χ2v) is 9.42. The van der Waals surface area contributed by atoms with Crippen LogP contribution in [0.15, 0.2) is 14.7 Å². The van der Waals surface area contributed by atoms with Crippen LogP contribution in [0.1, 0.15) is 39.0 Å². The van der Waals surface area contributed by atoms with Crippen LogP contribution in [0.2, 0.25) is 0 Å². The molecule has 0 aliphatic rings. The van der Waals surface area contributed by atoms with Crippen molar-refractivity contribution < 1.29 is 8.42 Å². The Kier molecular flexibility index (Phi) is 7.14. The normalized spacial score (nSPS) is 13.9. The molecule has 1 atom stereocenters. The molecule has 116 valence electrons. The fourth-order valence-corrected chi connectivity index (χ4v) is 5.91. The van der Waals surface area contributed by atoms with Gasteiger partial charge in [-0.05, 0) is 47.8 Å². The van der Waals surface area contributed by atoms with E-state index in [2.05, 4.69) is 39.8 Å². The third-order valence-electron chi connectivity index (χ3n) is 2.73. The summed E-state index contributed by atoms with van der Waals surface area (Å²) in [5.41, 5.74) is 0. The van der Waals surface area contributed by atoms with Crippen molar-refractivity contribution in [2.45, 2.75) is 51.6 Å². The van der Waals surface area contributed by atoms with Gasteiger partial charge in [0.15, 0.2) is 0 Å². The van der Waals surface area contributed by atoms with E-state index in [9.17, 15) is 8.42 Å². The summed E-state index contributed by atoms with van der Waals surface area (Å²) in [5.74, 6) is 0.461. The third kappa shape index (κ3) is 5.44. The van der Waals surface area contributed by atoms with Crippen LogP contribution in [0, 0.1) is 5.92 Å². The molecule has 0 saturated heterocycles. The number of sulfonamides is 1. The monoisotopic (exact) mass is 382 g/mol. The first kappa shape index (κ1) is 18.1. The summed E-state index contributed by atoms with van der Waals surface area (Å²) < 4.78 is 28.2. The van der Waals surface area contributed by atoms with Gasteiger partial charge in [0, 0.05) is 17.5 Å². The molecule has 1 unspecified atom stereocenters. The summed E-state index contributed by atoms with van der Waals surface area (Å²) in [6.07, 6.45) is 0.825. The maximum absolute atomic E-state index is 12.4. The van der Waals surface area contributed by atoms with Crippen molar-refractivity contribution in [2.75, 3.05) is 6.54 Å². The Hall–Kier alpha value is 0.0500. The van der Waals surface area contributed by atoms with Gasteiger partial charge in [-0.15, -0.1) is 11.3 Å². The molecule has 1 heterocycles. The molecule has 0 fully saturated rings. The van der Waals surface area contributed by atoms with Crippen LogP contribution < -0.4 is 10.0 Å². The third-order valence-corrected chi connectivity index (χ3v) is 6.57. The van der Waals surface area contributed by atoms with Crippen molar-refractivity contribution in [1.82, 2.24) is 10.0 Å². The average Bonchev–Trinajstić information content (AvgIpc) is 2.66. The summed E-state index contributed by atoms with van der Waals surface area (Å²) >= 11 is 4.81. The maximum atomic E-state index is 12.4. The first-order valence-electron chi connectivity index (χ1n) is 6.77. The van der Waals surface area contributed by atoms with Crippen LogP contribution >= 0.6 is 27.3 Å². The van der Waals surface area contributed by atoms with E-state index >= 15 is 0 Å². The summed E-state index contributed by atoms with van der Waals surface area (Å²) in [5, 5.41) is 3.20. The Morgan fingerprint density at radius 1 is 1.35 bits per heavy atom. The van der Waals surface area contributed by atoms with E-state index in [1.165, 1.54) is 11.3 Å². The second kappa shape index (κ2) is 7.89. The number of hydrogen-bond donors (Lipinski definition) is 2. The minimum atomic E-state index is -3.45. The number of hydrogen-bond acceptors (Lipinski definition) is 4. The van der Waals surface area contributed by atoms with Crippen LogP contribution in [0.4, 0.5) is 0 Å². The Bertz CT molecular complexity index is 526. The highest BCUT2D eigenvalue weighted by molar-refractivity contribution is 9.11. The lowest BCUT2D eigenvalue weighted by Gasteiger charge is -2.15. The first-order valence-corrected chi connectivity index (χ1v) is 9.86. The molecular weight excluding hydrogens is 360 g/mol. The number of halogens is 1. The smallest absolute Gasteiger partial charge is 0.242 e. The van der Waals surface area contributed by atoms with Gasteiger partial charge in [-0.2, -0.15) is 0 Å². The van der Waals surface area contributed by atoms with Crippen molar-refractivity contribution in [3.63, 3.8) is 0 Å². The second-order valence-electron chi connectivity index (χ2n) is 5.28. The largest absolute Gasteiger partial charge is 0.312 e. The van der Waals surface area contributed by atoms with Gasteiger partial charge < -0.3 is 5.32 Å². The summed E-state index contributed by atoms with van der Waals surface area (Å²) in [4.78, 5) is 1.35. The van der Waals surface area contributed by atoms with Crippen molar-refractivity contribution in [3.8, 4) is 0 Å². The molecule has 4 nitrogen and oxygen atoms in total. The molecule has 0 aromatic carbocycles. The molecule has 0 aliphatic carbocycles. The summed E-state index contributed by atoms with van der Waals surface area (Å²) in [6.45, 7) is 9.64. The lowest BCUT2D eigenvalue weighted by atomic mass is 10.1. The molecule has 0 aliphatic heterocycles. The molecule has 0 spiro atoms. The molecule has 1 aromatic heterocycles. The first-order chi connectivity index (χ1) is 9.26. The number of nitrogens with one attached hydrogen (secondary N) is 2. The van der Waals surface area contributed by atoms with E-state index in [0.717, 1.165) is 17.8 Å². The topological polar surface area (TPSA) is 58.2 Å². The zero-order valence-electron chi connectivity index (χ0n) is 12.4. The molecule has 0 radical (unpaired) electrons. The lowest BCUT2D eigenvalue weighted by molar-refractivity contribution is 0.482. The van der Waals surface area contributed by atoms with Crippen LogP contribution in [0.5, 0.6) is 0 Å². The molecule has 1 rings (SSSR count). The van der Waals surface area contributed by atoms with Crippen molar-refractivity contribution >= 4 is 37.3 Å². The quantitative estimate of drug-likeness (QED) is 0.724. The SMILES string of the molecule is CCNCc1cc(S(=O)(=O)NC(C)CC(C)C)c(Br)s1. The fourth-order valence-electron chi connectivity index (χ4n) is 2.00. The average molecular weight is 383 g/mol. The molecule has 20 heavy (non-hydrogen) atoms. The molecule has 0 bridgehead atoms. The van der Waals surface area contributed by atoms with Crippen LogP contribution in [-0.4, -0.2) is 21.0 Å². The van der Waals surface area contributed by atoms with E-state index in [-0.39, 0.29) is 6.04 Å². The highest BCUT2D eigenvalue weighted by Crippen LogP contribution is 2.31. The molecular formula is C13H23BrN2O2S2. The highest BCUT2D eigenvalue weighted by Gasteiger charge is 2.23. The van der Waals surface area contributed by atoms with Gasteiger partial charge in [-0.1, -0.05) is 20.8 Å². The van der Waals surface area contributed by atoms with Crippen LogP contribution in [-0.2, 0) is 16.6 Å². The van der Waals surface area contributed by atoms with Gasteiger partial charge in [-0.3, -0.25) is 0 Å². The van der Waals surface area contributed by atoms with Gasteiger partial charge in [0.2, 0.25) is 10.0 Å². The maximum Gasteiger partial charge on any atom is 0.242 e. The molecule has 0 saturated carbocycles. The summed E-state index contributed by atoms with van der Waals surface area (Å²) in [6, 6.07) is 1.67. The van der Waals surface area contributed by atoms with Gasteiger partial charge in [-0.25, -0.2) is 13.1 Å². The van der Waals surface area contributed by atoms with E-state index < -0.39 is 10.0 Å². The fraction of sp³-hybridized carbons (Fsp3) is 0.692. The Morgan fingerprint density at radius 3 is 2.55 bits per heavy atom. The van der Waals surface area contributed by atoms with E-state index in [4.69, 9.17) is 0 Å². The standard InChI is InChI=1S/C13H23BrN2O2S2/c1-5-15-8-11-7-12(13(14)19-11)20(17,18)16-10(4)6-9(2)3/h7,9-10,15-16H,5-6,8H2,1-4H3. The van der Waals surface area contributed by atoms with E-state index in [1.807, 2.05) is 13.8 Å². The zero-order chi connectivity index (χ0) is 15.3. The summed E-state index contributed by atoms with van der Waals surface area (Å²) in [7, 11) is -3.45. The van der Waals surface area contributed by atoms with E-state index in [0.29, 0.717) is 21.1 Å². The van der Waals surface area contributed by atoms with Crippen molar-refractivity contribution in [2.24, 2.45) is 5.92 Å².